The zero-order valence-corrected chi connectivity index (χ0v) is 18.8. The maximum atomic E-state index is 13.2. The average molecular weight is 515 g/mol. The fourth-order valence-electron chi connectivity index (χ4n) is 3.65. The van der Waals surface area contributed by atoms with Crippen LogP contribution in [0.5, 0.6) is 0 Å². The van der Waals surface area contributed by atoms with Crippen molar-refractivity contribution in [2.45, 2.75) is 37.3 Å². The number of aliphatic imine (C=N–C) groups is 1. The maximum Gasteiger partial charge on any atom is 0.453 e. The van der Waals surface area contributed by atoms with Gasteiger partial charge in [0.15, 0.2) is 5.82 Å². The second-order valence-electron chi connectivity index (χ2n) is 7.87. The van der Waals surface area contributed by atoms with Crippen molar-refractivity contribution in [3.63, 3.8) is 0 Å². The van der Waals surface area contributed by atoms with E-state index < -0.39 is 36.4 Å². The molecule has 0 bridgehead atoms. The summed E-state index contributed by atoms with van der Waals surface area (Å²) in [5.74, 6) is -5.57. The number of carbonyl (C=O) groups excluding carboxylic acids is 1. The van der Waals surface area contributed by atoms with E-state index in [1.165, 1.54) is 5.51 Å². The molecule has 10 nitrogen and oxygen atoms in total. The van der Waals surface area contributed by atoms with Crippen LogP contribution in [0.3, 0.4) is 0 Å². The molecule has 0 aromatic carbocycles. The summed E-state index contributed by atoms with van der Waals surface area (Å²) >= 11 is 1.15. The van der Waals surface area contributed by atoms with E-state index in [0.717, 1.165) is 11.3 Å². The molecule has 0 spiro atoms. The number of amidine groups is 1. The zero-order valence-electron chi connectivity index (χ0n) is 18.0. The third kappa shape index (κ3) is 4.21. The molecule has 2 aromatic heterocycles. The smallest absolute Gasteiger partial charge is 0.383 e. The minimum Gasteiger partial charge on any atom is -0.383 e. The average Bonchev–Trinajstić information content (AvgIpc) is 3.40. The predicted octanol–water partition coefficient (Wildman–Crippen LogP) is 2.44. The molecule has 0 fully saturated rings. The molecule has 35 heavy (non-hydrogen) atoms. The number of nitrogens with two attached hydrogens (primary N) is 1. The fraction of sp³-hybridized carbons (Fsp3) is 0.421. The highest BCUT2D eigenvalue weighted by molar-refractivity contribution is 7.09. The van der Waals surface area contributed by atoms with Crippen molar-refractivity contribution in [1.29, 1.82) is 5.41 Å². The summed E-state index contributed by atoms with van der Waals surface area (Å²) in [6.07, 6.45) is -5.21. The van der Waals surface area contributed by atoms with Gasteiger partial charge in [0.05, 0.1) is 5.56 Å². The normalized spacial score (nSPS) is 20.1. The molecule has 0 aliphatic carbocycles. The van der Waals surface area contributed by atoms with Crippen LogP contribution in [0.25, 0.3) is 0 Å². The number of nitrogens with one attached hydrogen (secondary N) is 3. The first-order valence-corrected chi connectivity index (χ1v) is 11.0. The highest BCUT2D eigenvalue weighted by Crippen LogP contribution is 2.44. The molecular formula is C19H18F5N9OS. The number of anilines is 2. The zero-order chi connectivity index (χ0) is 25.6. The van der Waals surface area contributed by atoms with Crippen molar-refractivity contribution >= 4 is 40.4 Å². The van der Waals surface area contributed by atoms with Gasteiger partial charge in [0.25, 0.3) is 0 Å². The molecule has 1 amide bonds. The Morgan fingerprint density at radius 3 is 2.71 bits per heavy atom. The third-order valence-corrected chi connectivity index (χ3v) is 6.47. The van der Waals surface area contributed by atoms with Gasteiger partial charge in [0, 0.05) is 25.1 Å². The number of dihydropyridines is 1. The first-order chi connectivity index (χ1) is 16.4. The number of hydrogen-bond donors (Lipinski definition) is 4. The molecule has 2 aliphatic rings. The van der Waals surface area contributed by atoms with Gasteiger partial charge in [-0.25, -0.2) is 9.97 Å². The Hall–Kier alpha value is -3.56. The van der Waals surface area contributed by atoms with Crippen LogP contribution in [0.15, 0.2) is 22.2 Å². The molecule has 4 rings (SSSR count). The highest BCUT2D eigenvalue weighted by Gasteiger charge is 2.56. The number of nitrogen functional groups attached to an aromatic ring is 1. The second kappa shape index (κ2) is 8.58. The summed E-state index contributed by atoms with van der Waals surface area (Å²) < 4.78 is 63.7. The molecule has 0 saturated heterocycles. The van der Waals surface area contributed by atoms with E-state index in [1.54, 1.807) is 13.0 Å². The molecule has 4 heterocycles. The van der Waals surface area contributed by atoms with Crippen LogP contribution in [-0.4, -0.2) is 62.8 Å². The van der Waals surface area contributed by atoms with Gasteiger partial charge in [-0.3, -0.25) is 15.2 Å². The molecule has 186 valence electrons. The Kier molecular flexibility index (Phi) is 6.02. The Bertz CT molecular complexity index is 1240. The van der Waals surface area contributed by atoms with Crippen LogP contribution < -0.4 is 16.4 Å². The lowest BCUT2D eigenvalue weighted by atomic mass is 9.85. The Morgan fingerprint density at radius 2 is 2.06 bits per heavy atom. The lowest BCUT2D eigenvalue weighted by molar-refractivity contribution is -0.283. The van der Waals surface area contributed by atoms with Gasteiger partial charge in [0.2, 0.25) is 5.91 Å². The summed E-state index contributed by atoms with van der Waals surface area (Å²) in [7, 11) is 0. The number of aromatic nitrogens is 4. The quantitative estimate of drug-likeness (QED) is 0.340. The molecule has 0 saturated carbocycles. The van der Waals surface area contributed by atoms with E-state index in [4.69, 9.17) is 11.1 Å². The van der Waals surface area contributed by atoms with Crippen molar-refractivity contribution in [2.24, 2.45) is 4.99 Å². The molecule has 2 aliphatic heterocycles. The minimum atomic E-state index is -5.67. The lowest BCUT2D eigenvalue weighted by Gasteiger charge is -2.22. The van der Waals surface area contributed by atoms with Crippen LogP contribution in [0.2, 0.25) is 0 Å². The van der Waals surface area contributed by atoms with Gasteiger partial charge in [-0.2, -0.15) is 22.0 Å². The largest absolute Gasteiger partial charge is 0.453 e. The number of nitrogens with zero attached hydrogens (tertiary/aromatic N) is 5. The van der Waals surface area contributed by atoms with Crippen LogP contribution in [0, 0.1) is 5.41 Å². The van der Waals surface area contributed by atoms with Crippen molar-refractivity contribution in [2.75, 3.05) is 24.1 Å². The Morgan fingerprint density at radius 1 is 1.31 bits per heavy atom. The van der Waals surface area contributed by atoms with Crippen LogP contribution in [0.1, 0.15) is 36.2 Å². The molecule has 1 unspecified atom stereocenters. The van der Waals surface area contributed by atoms with Gasteiger partial charge in [0.1, 0.15) is 39.1 Å². The summed E-state index contributed by atoms with van der Waals surface area (Å²) in [5.41, 5.74) is 6.41. The molecular weight excluding hydrogens is 497 g/mol. The number of rotatable bonds is 6. The number of hydrogen-bond acceptors (Lipinski definition) is 10. The van der Waals surface area contributed by atoms with Crippen LogP contribution in [0.4, 0.5) is 33.6 Å². The Labute approximate surface area is 198 Å². The summed E-state index contributed by atoms with van der Waals surface area (Å²) in [5, 5.41) is 21.7. The van der Waals surface area contributed by atoms with Crippen molar-refractivity contribution in [1.82, 2.24) is 25.5 Å². The molecule has 16 heteroatoms. The van der Waals surface area contributed by atoms with Gasteiger partial charge >= 0.3 is 12.1 Å². The number of halogens is 5. The van der Waals surface area contributed by atoms with Crippen LogP contribution in [-0.2, 0) is 10.2 Å². The first-order valence-electron chi connectivity index (χ1n) is 10.1. The highest BCUT2D eigenvalue weighted by atomic mass is 32.1. The fourth-order valence-corrected chi connectivity index (χ4v) is 4.37. The standard InChI is InChI=1S/C19H18F5N9OS/c1-17(16-33-29-7-35-16)9-11(26)30-14(31-13(9)32-15(17)34)10(25)8-3-2-5-27-12(8)28-6-4-18(20,21)19(22,23)24/h3,7,25H,2,4-6H2,1H3,(H,27,28)(H3,26,30,31,32,34). The van der Waals surface area contributed by atoms with E-state index in [9.17, 15) is 26.7 Å². The van der Waals surface area contributed by atoms with Crippen molar-refractivity contribution in [3.8, 4) is 0 Å². The summed E-state index contributed by atoms with van der Waals surface area (Å²) in [4.78, 5) is 25.3. The number of alkyl halides is 5. The summed E-state index contributed by atoms with van der Waals surface area (Å²) in [6.45, 7) is 1.10. The topological polar surface area (TPSA) is 155 Å². The molecule has 5 N–H and O–H groups in total. The van der Waals surface area contributed by atoms with E-state index in [2.05, 4.69) is 35.8 Å². The second-order valence-corrected chi connectivity index (χ2v) is 8.70. The van der Waals surface area contributed by atoms with Gasteiger partial charge in [-0.15, -0.1) is 21.5 Å². The third-order valence-electron chi connectivity index (χ3n) is 5.55. The minimum absolute atomic E-state index is 0.0374. The number of carbonyl (C=O) groups is 1. The van der Waals surface area contributed by atoms with E-state index in [-0.39, 0.29) is 46.7 Å². The van der Waals surface area contributed by atoms with Crippen molar-refractivity contribution in [3.05, 3.63) is 33.6 Å². The van der Waals surface area contributed by atoms with Gasteiger partial charge in [-0.05, 0) is 13.3 Å². The van der Waals surface area contributed by atoms with Crippen molar-refractivity contribution < 1.29 is 26.7 Å². The first kappa shape index (κ1) is 24.6. The SMILES string of the molecule is CC1(c2nncs2)C(=O)Nc2nc(C(=N)C3=CCCN=C3NCCC(F)(F)C(F)(F)F)nc(N)c21. The maximum absolute atomic E-state index is 13.2. The van der Waals surface area contributed by atoms with E-state index in [1.807, 2.05) is 0 Å². The molecule has 1 atom stereocenters. The molecule has 2 aromatic rings. The predicted molar refractivity (Wildman–Crippen MR) is 117 cm³/mol. The lowest BCUT2D eigenvalue weighted by Crippen LogP contribution is -2.41. The van der Waals surface area contributed by atoms with Gasteiger partial charge < -0.3 is 16.4 Å². The van der Waals surface area contributed by atoms with E-state index in [0.29, 0.717) is 11.4 Å². The number of fused-ring (bicyclic) bond motifs is 1. The Balaban J connectivity index is 1.57. The van der Waals surface area contributed by atoms with Gasteiger partial charge in [-0.1, -0.05) is 6.08 Å². The van der Waals surface area contributed by atoms with Crippen LogP contribution >= 0.6 is 11.3 Å². The molecule has 0 radical (unpaired) electrons. The van der Waals surface area contributed by atoms with E-state index >= 15 is 0 Å². The monoisotopic (exact) mass is 515 g/mol. The number of amides is 1. The summed E-state index contributed by atoms with van der Waals surface area (Å²) in [6, 6.07) is 0.